The van der Waals surface area contributed by atoms with Crippen molar-refractivity contribution in [1.82, 2.24) is 24.8 Å². The number of fused-ring (bicyclic) bond motifs is 2. The Labute approximate surface area is 147 Å². The Morgan fingerprint density at radius 3 is 2.56 bits per heavy atom. The van der Waals surface area contributed by atoms with E-state index < -0.39 is 0 Å². The molecule has 6 heteroatoms. The normalized spacial score (nSPS) is 23.9. The number of allylic oxidation sites excluding steroid dienone is 2. The molecule has 1 saturated heterocycles. The lowest BCUT2D eigenvalue weighted by atomic mass is 9.86. The molecule has 25 heavy (non-hydrogen) atoms. The van der Waals surface area contributed by atoms with Crippen LogP contribution in [0, 0.1) is 17.8 Å². The van der Waals surface area contributed by atoms with Crippen molar-refractivity contribution in [3.8, 4) is 0 Å². The van der Waals surface area contributed by atoms with E-state index >= 15 is 0 Å². The molecule has 2 aromatic heterocycles. The molecular formula is C19H25N5O. The molecule has 2 amide bonds. The van der Waals surface area contributed by atoms with Gasteiger partial charge in [0.1, 0.15) is 0 Å². The molecule has 6 nitrogen and oxygen atoms in total. The molecule has 1 aliphatic carbocycles. The fourth-order valence-electron chi connectivity index (χ4n) is 4.01. The van der Waals surface area contributed by atoms with Gasteiger partial charge >= 0.3 is 6.03 Å². The smallest absolute Gasteiger partial charge is 0.318 e. The first kappa shape index (κ1) is 16.1. The average Bonchev–Trinajstić information content (AvgIpc) is 3.23. The number of nitrogens with zero attached hydrogens (tertiary/aromatic N) is 4. The van der Waals surface area contributed by atoms with Crippen LogP contribution in [0.1, 0.15) is 38.6 Å². The minimum atomic E-state index is -0.161. The van der Waals surface area contributed by atoms with Crippen LogP contribution < -0.4 is 5.32 Å². The maximum atomic E-state index is 12.9. The first-order valence-electron chi connectivity index (χ1n) is 9.13. The quantitative estimate of drug-likeness (QED) is 0.874. The monoisotopic (exact) mass is 339 g/mol. The average molecular weight is 339 g/mol. The molecule has 3 atom stereocenters. The third-order valence-electron chi connectivity index (χ3n) is 5.47. The Morgan fingerprint density at radius 1 is 1.16 bits per heavy atom. The van der Waals surface area contributed by atoms with Crippen molar-refractivity contribution < 1.29 is 4.79 Å². The van der Waals surface area contributed by atoms with E-state index in [9.17, 15) is 4.79 Å². The molecular weight excluding hydrogens is 314 g/mol. The Hall–Kier alpha value is -2.37. The lowest BCUT2D eigenvalue weighted by Crippen LogP contribution is -2.42. The van der Waals surface area contributed by atoms with E-state index in [1.54, 1.807) is 0 Å². The highest BCUT2D eigenvalue weighted by molar-refractivity contribution is 5.75. The predicted octanol–water partition coefficient (Wildman–Crippen LogP) is 3.03. The molecule has 1 aliphatic heterocycles. The summed E-state index contributed by atoms with van der Waals surface area (Å²) in [5, 5.41) is 11.8. The van der Waals surface area contributed by atoms with Crippen molar-refractivity contribution in [3.63, 3.8) is 0 Å². The van der Waals surface area contributed by atoms with Crippen LogP contribution in [0.3, 0.4) is 0 Å². The van der Waals surface area contributed by atoms with Gasteiger partial charge in [0.15, 0.2) is 11.5 Å². The number of urea groups is 1. The summed E-state index contributed by atoms with van der Waals surface area (Å²) in [6.45, 7) is 5.91. The second-order valence-corrected chi connectivity index (χ2v) is 7.53. The van der Waals surface area contributed by atoms with Crippen molar-refractivity contribution >= 4 is 11.7 Å². The second-order valence-electron chi connectivity index (χ2n) is 7.53. The zero-order valence-electron chi connectivity index (χ0n) is 14.8. The Kier molecular flexibility index (Phi) is 4.19. The molecule has 0 aromatic carbocycles. The number of aromatic nitrogens is 3. The zero-order chi connectivity index (χ0) is 17.4. The summed E-state index contributed by atoms with van der Waals surface area (Å²) in [6.07, 6.45) is 8.64. The van der Waals surface area contributed by atoms with Crippen molar-refractivity contribution in [2.45, 2.75) is 32.7 Å². The maximum Gasteiger partial charge on any atom is 0.318 e. The minimum absolute atomic E-state index is 0.0146. The largest absolute Gasteiger partial charge is 0.328 e. The highest BCUT2D eigenvalue weighted by Crippen LogP contribution is 2.33. The topological polar surface area (TPSA) is 62.5 Å². The van der Waals surface area contributed by atoms with Crippen LogP contribution in [0.2, 0.25) is 0 Å². The highest BCUT2D eigenvalue weighted by atomic mass is 16.2. The number of nitrogens with one attached hydrogen (secondary N) is 1. The number of carbonyl (C=O) groups excluding carboxylic acids is 1. The third kappa shape index (κ3) is 3.01. The molecule has 3 heterocycles. The van der Waals surface area contributed by atoms with Gasteiger partial charge in [-0.2, -0.15) is 0 Å². The summed E-state index contributed by atoms with van der Waals surface area (Å²) in [7, 11) is 0. The lowest BCUT2D eigenvalue weighted by molar-refractivity contribution is 0.197. The van der Waals surface area contributed by atoms with Gasteiger partial charge in [-0.25, -0.2) is 4.79 Å². The summed E-state index contributed by atoms with van der Waals surface area (Å²) in [4.78, 5) is 14.8. The molecule has 1 fully saturated rings. The van der Waals surface area contributed by atoms with Crippen LogP contribution >= 0.6 is 0 Å². The summed E-state index contributed by atoms with van der Waals surface area (Å²) in [5.41, 5.74) is 0.802. The number of carbonyl (C=O) groups is 1. The standard InChI is InChI=1S/C19H25N5O/c1-13(2)17(18-22-21-16-9-5-6-10-24(16)18)20-19(25)23-11-14-7-3-4-8-15(14)12-23/h3-6,9-10,13-15,17H,7-8,11-12H2,1-2H3,(H,20,25)/t14-,15-,17+/m1/s1. The van der Waals surface area contributed by atoms with Crippen LogP contribution in [0.5, 0.6) is 0 Å². The van der Waals surface area contributed by atoms with E-state index in [1.807, 2.05) is 33.7 Å². The van der Waals surface area contributed by atoms with Crippen LogP contribution in [-0.2, 0) is 0 Å². The molecule has 0 saturated carbocycles. The van der Waals surface area contributed by atoms with Gasteiger partial charge < -0.3 is 10.2 Å². The lowest BCUT2D eigenvalue weighted by Gasteiger charge is -2.25. The van der Waals surface area contributed by atoms with Gasteiger partial charge in [0.25, 0.3) is 0 Å². The Balaban J connectivity index is 1.52. The molecule has 0 bridgehead atoms. The minimum Gasteiger partial charge on any atom is -0.328 e. The zero-order valence-corrected chi connectivity index (χ0v) is 14.8. The number of likely N-dealkylation sites (tertiary alicyclic amines) is 1. The predicted molar refractivity (Wildman–Crippen MR) is 96.0 cm³/mol. The molecule has 0 radical (unpaired) electrons. The number of rotatable bonds is 3. The van der Waals surface area contributed by atoms with E-state index in [0.29, 0.717) is 11.8 Å². The van der Waals surface area contributed by atoms with Crippen molar-refractivity contribution in [2.75, 3.05) is 13.1 Å². The first-order chi connectivity index (χ1) is 12.1. The summed E-state index contributed by atoms with van der Waals surface area (Å²) < 4.78 is 1.96. The SMILES string of the molecule is CC(C)[C@H](NC(=O)N1C[C@H]2CC=CC[C@@H]2C1)c1nnc2ccccn12. The van der Waals surface area contributed by atoms with Gasteiger partial charge in [-0.1, -0.05) is 32.1 Å². The van der Waals surface area contributed by atoms with Crippen LogP contribution in [-0.4, -0.2) is 38.6 Å². The van der Waals surface area contributed by atoms with Crippen molar-refractivity contribution in [2.24, 2.45) is 17.8 Å². The van der Waals surface area contributed by atoms with Crippen LogP contribution in [0.15, 0.2) is 36.5 Å². The summed E-state index contributed by atoms with van der Waals surface area (Å²) in [5.74, 6) is 2.24. The van der Waals surface area contributed by atoms with Gasteiger partial charge in [0.05, 0.1) is 6.04 Å². The number of hydrogen-bond donors (Lipinski definition) is 1. The number of amides is 2. The number of hydrogen-bond acceptors (Lipinski definition) is 3. The van der Waals surface area contributed by atoms with Crippen LogP contribution in [0.25, 0.3) is 5.65 Å². The Morgan fingerprint density at radius 2 is 1.88 bits per heavy atom. The van der Waals surface area contributed by atoms with Gasteiger partial charge in [-0.15, -0.1) is 10.2 Å². The number of pyridine rings is 1. The van der Waals surface area contributed by atoms with E-state index in [1.165, 1.54) is 0 Å². The second kappa shape index (κ2) is 6.50. The molecule has 4 rings (SSSR count). The fourth-order valence-corrected chi connectivity index (χ4v) is 4.01. The molecule has 0 unspecified atom stereocenters. The fraction of sp³-hybridized carbons (Fsp3) is 0.526. The van der Waals surface area contributed by atoms with Crippen molar-refractivity contribution in [3.05, 3.63) is 42.4 Å². The maximum absolute atomic E-state index is 12.9. The van der Waals surface area contributed by atoms with E-state index in [2.05, 4.69) is 41.5 Å². The molecule has 2 aliphatic rings. The molecule has 1 N–H and O–H groups in total. The Bertz CT molecular complexity index is 780. The third-order valence-corrected chi connectivity index (χ3v) is 5.47. The highest BCUT2D eigenvalue weighted by Gasteiger charge is 2.36. The first-order valence-corrected chi connectivity index (χ1v) is 9.13. The van der Waals surface area contributed by atoms with E-state index in [4.69, 9.17) is 0 Å². The van der Waals surface area contributed by atoms with Crippen molar-refractivity contribution in [1.29, 1.82) is 0 Å². The molecule has 2 aromatic rings. The van der Waals surface area contributed by atoms with E-state index in [0.717, 1.165) is 37.4 Å². The summed E-state index contributed by atoms with van der Waals surface area (Å²) >= 11 is 0. The van der Waals surface area contributed by atoms with Crippen LogP contribution in [0.4, 0.5) is 4.79 Å². The van der Waals surface area contributed by atoms with E-state index in [-0.39, 0.29) is 18.0 Å². The van der Waals surface area contributed by atoms with Gasteiger partial charge in [0, 0.05) is 19.3 Å². The van der Waals surface area contributed by atoms with Gasteiger partial charge in [-0.05, 0) is 42.7 Å². The molecule has 132 valence electrons. The summed E-state index contributed by atoms with van der Waals surface area (Å²) in [6, 6.07) is 5.67. The molecule has 0 spiro atoms. The van der Waals surface area contributed by atoms with Gasteiger partial charge in [0.2, 0.25) is 0 Å². The van der Waals surface area contributed by atoms with Gasteiger partial charge in [-0.3, -0.25) is 4.40 Å².